The first kappa shape index (κ1) is 35.8. The number of hydrogen-bond donors (Lipinski definition) is 14. The summed E-state index contributed by atoms with van der Waals surface area (Å²) >= 11 is 0. The Balaban J connectivity index is 1.80. The smallest absolute Gasteiger partial charge is 0.186 e. The van der Waals surface area contributed by atoms with Crippen LogP contribution in [-0.4, -0.2) is 178 Å². The molecule has 18 heteroatoms. The van der Waals surface area contributed by atoms with E-state index in [1.54, 1.807) is 0 Å². The summed E-state index contributed by atoms with van der Waals surface area (Å²) in [6.45, 7) is -0.375. The summed E-state index contributed by atoms with van der Waals surface area (Å²) in [5, 5.41) is 88.3. The molecule has 0 radical (unpaired) electrons. The van der Waals surface area contributed by atoms with Crippen molar-refractivity contribution in [1.29, 1.82) is 0 Å². The van der Waals surface area contributed by atoms with Gasteiger partial charge in [0, 0.05) is 18.6 Å². The summed E-state index contributed by atoms with van der Waals surface area (Å²) < 4.78 is 23.4. The Morgan fingerprint density at radius 2 is 1.40 bits per heavy atom. The highest BCUT2D eigenvalue weighted by atomic mass is 16.7. The maximum Gasteiger partial charge on any atom is 0.186 e. The van der Waals surface area contributed by atoms with Gasteiger partial charge >= 0.3 is 0 Å². The van der Waals surface area contributed by atoms with Gasteiger partial charge in [-0.1, -0.05) is 0 Å². The van der Waals surface area contributed by atoms with Crippen molar-refractivity contribution in [2.75, 3.05) is 39.5 Å². The molecule has 15 unspecified atom stereocenters. The minimum absolute atomic E-state index is 0.0566. The average molecular weight is 615 g/mol. The first-order valence-electron chi connectivity index (χ1n) is 14.3. The fraction of sp³-hybridized carbons (Fsp3) is 1.00. The van der Waals surface area contributed by atoms with E-state index >= 15 is 0 Å². The molecule has 1 aliphatic carbocycles. The third-order valence-electron chi connectivity index (χ3n) is 8.08. The van der Waals surface area contributed by atoms with Gasteiger partial charge in [0.25, 0.3) is 0 Å². The van der Waals surface area contributed by atoms with Gasteiger partial charge in [-0.15, -0.1) is 0 Å². The molecular weight excluding hydrogens is 564 g/mol. The van der Waals surface area contributed by atoms with Gasteiger partial charge in [-0.05, 0) is 25.9 Å². The highest BCUT2D eigenvalue weighted by molar-refractivity contribution is 5.03. The van der Waals surface area contributed by atoms with E-state index in [1.807, 2.05) is 0 Å². The summed E-state index contributed by atoms with van der Waals surface area (Å²) in [6, 6.07) is -4.98. The number of nitrogens with one attached hydrogen (secondary N) is 2. The van der Waals surface area contributed by atoms with Crippen LogP contribution in [0.3, 0.4) is 0 Å². The standard InChI is InChI=1S/C24H50N6O12/c25-2-1-3-29-5-12-17(35)18(36)15(28)23(39-12)41-21-10(26)4-11(30-9(6-31)7-32)22(20(21)38)42-24-19(37)14(27)16(34)13(8-33)40-24/h9-24,29-38H,1-8,25-28H2. The first-order chi connectivity index (χ1) is 20.0. The molecular formula is C24H50N6O12. The molecule has 42 heavy (non-hydrogen) atoms. The van der Waals surface area contributed by atoms with E-state index in [4.69, 9.17) is 41.9 Å². The molecule has 18 nitrogen and oxygen atoms in total. The van der Waals surface area contributed by atoms with Gasteiger partial charge in [0.1, 0.15) is 54.9 Å². The number of aliphatic hydroxyl groups excluding tert-OH is 8. The Hall–Kier alpha value is -0.720. The van der Waals surface area contributed by atoms with E-state index in [0.29, 0.717) is 19.5 Å². The van der Waals surface area contributed by atoms with Crippen LogP contribution in [0.1, 0.15) is 12.8 Å². The van der Waals surface area contributed by atoms with Crippen molar-refractivity contribution in [2.45, 2.75) is 111 Å². The third kappa shape index (κ3) is 8.30. The van der Waals surface area contributed by atoms with Gasteiger partial charge in [0.15, 0.2) is 12.6 Å². The minimum atomic E-state index is -1.56. The quantitative estimate of drug-likeness (QED) is 0.0807. The van der Waals surface area contributed by atoms with Gasteiger partial charge in [-0.3, -0.25) is 0 Å². The van der Waals surface area contributed by atoms with Crippen molar-refractivity contribution in [1.82, 2.24) is 10.6 Å². The zero-order chi connectivity index (χ0) is 31.1. The lowest BCUT2D eigenvalue weighted by molar-refractivity contribution is -0.320. The van der Waals surface area contributed by atoms with Crippen LogP contribution in [0.4, 0.5) is 0 Å². The third-order valence-corrected chi connectivity index (χ3v) is 8.08. The van der Waals surface area contributed by atoms with E-state index in [2.05, 4.69) is 10.6 Å². The lowest BCUT2D eigenvalue weighted by atomic mass is 9.83. The van der Waals surface area contributed by atoms with Gasteiger partial charge in [-0.2, -0.15) is 0 Å². The van der Waals surface area contributed by atoms with E-state index in [-0.39, 0.29) is 13.0 Å². The topological polar surface area (TPSA) is 327 Å². The monoisotopic (exact) mass is 614 g/mol. The Labute approximate surface area is 243 Å². The maximum absolute atomic E-state index is 11.5. The van der Waals surface area contributed by atoms with Crippen LogP contribution in [0, 0.1) is 0 Å². The molecule has 0 spiro atoms. The van der Waals surface area contributed by atoms with Crippen molar-refractivity contribution in [3.05, 3.63) is 0 Å². The van der Waals surface area contributed by atoms with Gasteiger partial charge in [0.05, 0.1) is 37.9 Å². The lowest BCUT2D eigenvalue weighted by Crippen LogP contribution is -2.70. The lowest BCUT2D eigenvalue weighted by Gasteiger charge is -2.49. The molecule has 3 rings (SSSR count). The van der Waals surface area contributed by atoms with Crippen molar-refractivity contribution in [3.63, 3.8) is 0 Å². The van der Waals surface area contributed by atoms with Gasteiger partial charge in [-0.25, -0.2) is 0 Å². The second kappa shape index (κ2) is 16.5. The average Bonchev–Trinajstić information content (AvgIpc) is 2.98. The van der Waals surface area contributed by atoms with E-state index in [1.165, 1.54) is 0 Å². The Morgan fingerprint density at radius 3 is 2.02 bits per heavy atom. The molecule has 3 aliphatic rings. The van der Waals surface area contributed by atoms with Crippen molar-refractivity contribution in [3.8, 4) is 0 Å². The highest BCUT2D eigenvalue weighted by Crippen LogP contribution is 2.32. The first-order valence-corrected chi connectivity index (χ1v) is 14.3. The second-order valence-electron chi connectivity index (χ2n) is 11.2. The molecule has 15 atom stereocenters. The largest absolute Gasteiger partial charge is 0.395 e. The molecule has 1 saturated carbocycles. The molecule has 18 N–H and O–H groups in total. The van der Waals surface area contributed by atoms with E-state index < -0.39 is 118 Å². The summed E-state index contributed by atoms with van der Waals surface area (Å²) in [6.07, 6.45) is -13.9. The molecule has 0 amide bonds. The van der Waals surface area contributed by atoms with Crippen LogP contribution >= 0.6 is 0 Å². The minimum Gasteiger partial charge on any atom is -0.395 e. The zero-order valence-electron chi connectivity index (χ0n) is 23.4. The number of hydrogen-bond acceptors (Lipinski definition) is 18. The van der Waals surface area contributed by atoms with Crippen LogP contribution in [-0.2, 0) is 18.9 Å². The highest BCUT2D eigenvalue weighted by Gasteiger charge is 2.52. The Bertz CT molecular complexity index is 790. The number of nitrogens with two attached hydrogens (primary N) is 4. The van der Waals surface area contributed by atoms with Crippen molar-refractivity contribution in [2.24, 2.45) is 22.9 Å². The van der Waals surface area contributed by atoms with E-state index in [0.717, 1.165) is 0 Å². The van der Waals surface area contributed by atoms with Crippen molar-refractivity contribution >= 4 is 0 Å². The summed E-state index contributed by atoms with van der Waals surface area (Å²) in [5.74, 6) is 0. The predicted molar refractivity (Wildman–Crippen MR) is 144 cm³/mol. The maximum atomic E-state index is 11.5. The molecule has 3 fully saturated rings. The van der Waals surface area contributed by atoms with Crippen LogP contribution in [0.2, 0.25) is 0 Å². The predicted octanol–water partition coefficient (Wildman–Crippen LogP) is -8.36. The van der Waals surface area contributed by atoms with Crippen LogP contribution < -0.4 is 33.6 Å². The Morgan fingerprint density at radius 1 is 0.762 bits per heavy atom. The molecule has 0 bridgehead atoms. The molecule has 0 aromatic heterocycles. The van der Waals surface area contributed by atoms with E-state index in [9.17, 15) is 40.9 Å². The van der Waals surface area contributed by atoms with Crippen LogP contribution in [0.5, 0.6) is 0 Å². The molecule has 248 valence electrons. The summed E-state index contributed by atoms with van der Waals surface area (Å²) in [5.41, 5.74) is 23.9. The molecule has 0 aromatic carbocycles. The zero-order valence-corrected chi connectivity index (χ0v) is 23.4. The fourth-order valence-electron chi connectivity index (χ4n) is 5.48. The fourth-order valence-corrected chi connectivity index (χ4v) is 5.48. The molecule has 2 aliphatic heterocycles. The Kier molecular flexibility index (Phi) is 14.1. The van der Waals surface area contributed by atoms with Gasteiger partial charge < -0.3 is 93.4 Å². The normalized spacial score (nSPS) is 44.9. The molecule has 0 aromatic rings. The number of rotatable bonds is 14. The number of aliphatic hydroxyl groups is 8. The molecule has 2 saturated heterocycles. The number of ether oxygens (including phenoxy) is 4. The summed E-state index contributed by atoms with van der Waals surface area (Å²) in [4.78, 5) is 0. The SMILES string of the molecule is NCCCNCC1OC(OC2C(N)CC(NC(CO)CO)C(OC3OC(CO)C(O)C(N)C3O)C2O)C(N)C(O)C1O. The second-order valence-corrected chi connectivity index (χ2v) is 11.2. The molecule has 2 heterocycles. The summed E-state index contributed by atoms with van der Waals surface area (Å²) in [7, 11) is 0. The van der Waals surface area contributed by atoms with Crippen molar-refractivity contribution < 1.29 is 59.8 Å². The van der Waals surface area contributed by atoms with Gasteiger partial charge in [0.2, 0.25) is 0 Å². The van der Waals surface area contributed by atoms with Crippen LogP contribution in [0.25, 0.3) is 0 Å². The van der Waals surface area contributed by atoms with Crippen LogP contribution in [0.15, 0.2) is 0 Å².